The third-order valence-corrected chi connectivity index (χ3v) is 5.62. The number of aromatic hydroxyl groups is 1. The molecule has 0 heterocycles. The third kappa shape index (κ3) is 6.54. The molecule has 0 radical (unpaired) electrons. The SMILES string of the molecule is C=C(C)[C@@H]1CCC(C)=C[C@H]1c1c(O)cc(CCCCC)cc1OCOC(=O)OCC. The zero-order chi connectivity index (χ0) is 22.1. The predicted molar refractivity (Wildman–Crippen MR) is 119 cm³/mol. The van der Waals surface area contributed by atoms with Gasteiger partial charge in [-0.1, -0.05) is 43.6 Å². The molecule has 1 aliphatic carbocycles. The minimum Gasteiger partial charge on any atom is -0.507 e. The third-order valence-electron chi connectivity index (χ3n) is 5.62. The van der Waals surface area contributed by atoms with Gasteiger partial charge >= 0.3 is 6.16 Å². The first-order valence-electron chi connectivity index (χ1n) is 11.0. The standard InChI is InChI=1S/C25H36O5/c1-6-8-9-10-19-14-22(26)24(21-13-18(5)11-12-20(21)17(3)4)23(15-19)29-16-30-25(27)28-7-2/h13-15,20-21,26H,3,6-12,16H2,1-2,4-5H3/t20-,21+/m0/s1. The molecule has 0 bridgehead atoms. The highest BCUT2D eigenvalue weighted by Gasteiger charge is 2.30. The van der Waals surface area contributed by atoms with E-state index in [1.807, 2.05) is 19.1 Å². The Kier molecular flexibility index (Phi) is 9.28. The van der Waals surface area contributed by atoms with Crippen molar-refractivity contribution in [2.75, 3.05) is 13.4 Å². The molecule has 0 aromatic heterocycles. The van der Waals surface area contributed by atoms with Gasteiger partial charge in [-0.25, -0.2) is 4.79 Å². The number of rotatable bonds is 10. The summed E-state index contributed by atoms with van der Waals surface area (Å²) in [6, 6.07) is 3.81. The number of unbranched alkanes of at least 4 members (excludes halogenated alkanes) is 2. The zero-order valence-corrected chi connectivity index (χ0v) is 18.8. The van der Waals surface area contributed by atoms with E-state index < -0.39 is 6.16 Å². The minimum absolute atomic E-state index is 0.0291. The molecular weight excluding hydrogens is 380 g/mol. The van der Waals surface area contributed by atoms with Crippen LogP contribution >= 0.6 is 0 Å². The van der Waals surface area contributed by atoms with Crippen LogP contribution in [0, 0.1) is 5.92 Å². The van der Waals surface area contributed by atoms with Gasteiger partial charge in [0.1, 0.15) is 11.5 Å². The molecule has 2 atom stereocenters. The van der Waals surface area contributed by atoms with Gasteiger partial charge in [0.25, 0.3) is 0 Å². The van der Waals surface area contributed by atoms with Crippen LogP contribution in [0.1, 0.15) is 76.8 Å². The topological polar surface area (TPSA) is 65.0 Å². The second-order valence-corrected chi connectivity index (χ2v) is 8.10. The average Bonchev–Trinajstić information content (AvgIpc) is 2.68. The van der Waals surface area contributed by atoms with Gasteiger partial charge < -0.3 is 19.3 Å². The maximum absolute atomic E-state index is 11.5. The van der Waals surface area contributed by atoms with Crippen molar-refractivity contribution < 1.29 is 24.1 Å². The predicted octanol–water partition coefficient (Wildman–Crippen LogP) is 6.65. The van der Waals surface area contributed by atoms with E-state index in [1.54, 1.807) is 6.92 Å². The van der Waals surface area contributed by atoms with Crippen molar-refractivity contribution in [3.8, 4) is 11.5 Å². The van der Waals surface area contributed by atoms with Gasteiger partial charge in [-0.15, -0.1) is 0 Å². The van der Waals surface area contributed by atoms with Crippen molar-refractivity contribution >= 4 is 6.16 Å². The molecule has 30 heavy (non-hydrogen) atoms. The number of carbonyl (C=O) groups is 1. The van der Waals surface area contributed by atoms with Crippen LogP contribution in [0.2, 0.25) is 0 Å². The molecule has 0 spiro atoms. The molecule has 166 valence electrons. The number of carbonyl (C=O) groups excluding carboxylic acids is 1. The summed E-state index contributed by atoms with van der Waals surface area (Å²) < 4.78 is 15.7. The number of hydrogen-bond donors (Lipinski definition) is 1. The number of phenolic OH excluding ortho intramolecular Hbond substituents is 1. The summed E-state index contributed by atoms with van der Waals surface area (Å²) >= 11 is 0. The maximum Gasteiger partial charge on any atom is 0.511 e. The van der Waals surface area contributed by atoms with Gasteiger partial charge in [-0.05, 0) is 70.1 Å². The van der Waals surface area contributed by atoms with Crippen LogP contribution in [0.15, 0.2) is 35.9 Å². The highest BCUT2D eigenvalue weighted by atomic mass is 16.8. The van der Waals surface area contributed by atoms with Gasteiger partial charge in [-0.2, -0.15) is 0 Å². The first kappa shape index (κ1) is 23.8. The lowest BCUT2D eigenvalue weighted by Crippen LogP contribution is -2.19. The normalized spacial score (nSPS) is 18.5. The van der Waals surface area contributed by atoms with Crippen molar-refractivity contribution in [2.24, 2.45) is 5.92 Å². The zero-order valence-electron chi connectivity index (χ0n) is 18.8. The molecule has 0 amide bonds. The molecule has 5 heteroatoms. The lowest BCUT2D eigenvalue weighted by molar-refractivity contribution is 0.00635. The van der Waals surface area contributed by atoms with Crippen molar-refractivity contribution in [3.63, 3.8) is 0 Å². The highest BCUT2D eigenvalue weighted by Crippen LogP contribution is 2.47. The Morgan fingerprint density at radius 2 is 2.00 bits per heavy atom. The van der Waals surface area contributed by atoms with Gasteiger partial charge in [0.05, 0.1) is 6.61 Å². The van der Waals surface area contributed by atoms with E-state index in [1.165, 1.54) is 5.57 Å². The Morgan fingerprint density at radius 1 is 1.23 bits per heavy atom. The molecule has 0 saturated carbocycles. The minimum atomic E-state index is -0.768. The second-order valence-electron chi connectivity index (χ2n) is 8.10. The average molecular weight is 417 g/mol. The van der Waals surface area contributed by atoms with Crippen LogP contribution in [0.5, 0.6) is 11.5 Å². The summed E-state index contributed by atoms with van der Waals surface area (Å²) in [6.45, 7) is 12.2. The summed E-state index contributed by atoms with van der Waals surface area (Å²) in [4.78, 5) is 11.5. The first-order chi connectivity index (χ1) is 14.4. The fourth-order valence-corrected chi connectivity index (χ4v) is 4.05. The summed E-state index contributed by atoms with van der Waals surface area (Å²) in [5, 5.41) is 11.0. The summed E-state index contributed by atoms with van der Waals surface area (Å²) in [7, 11) is 0. The Bertz CT molecular complexity index is 765. The fourth-order valence-electron chi connectivity index (χ4n) is 4.05. The number of benzene rings is 1. The van der Waals surface area contributed by atoms with Crippen LogP contribution in [-0.2, 0) is 15.9 Å². The van der Waals surface area contributed by atoms with Gasteiger partial charge in [0, 0.05) is 11.5 Å². The highest BCUT2D eigenvalue weighted by molar-refractivity contribution is 5.59. The number of hydrogen-bond acceptors (Lipinski definition) is 5. The number of phenols is 1. The Balaban J connectivity index is 2.36. The van der Waals surface area contributed by atoms with Crippen LogP contribution in [0.4, 0.5) is 4.79 Å². The number of allylic oxidation sites excluding steroid dienone is 3. The lowest BCUT2D eigenvalue weighted by Gasteiger charge is -2.32. The molecule has 0 unspecified atom stereocenters. The van der Waals surface area contributed by atoms with E-state index in [4.69, 9.17) is 14.2 Å². The molecule has 1 N–H and O–H groups in total. The monoisotopic (exact) mass is 416 g/mol. The Hall–Kier alpha value is -2.43. The van der Waals surface area contributed by atoms with Crippen molar-refractivity contribution in [1.29, 1.82) is 0 Å². The smallest absolute Gasteiger partial charge is 0.507 e. The van der Waals surface area contributed by atoms with E-state index in [2.05, 4.69) is 26.5 Å². The first-order valence-corrected chi connectivity index (χ1v) is 11.0. The molecule has 0 fully saturated rings. The number of ether oxygens (including phenoxy) is 3. The molecular formula is C25H36O5. The molecule has 1 aromatic carbocycles. The second kappa shape index (κ2) is 11.7. The lowest BCUT2D eigenvalue weighted by atomic mass is 9.73. The van der Waals surface area contributed by atoms with E-state index in [-0.39, 0.29) is 31.0 Å². The van der Waals surface area contributed by atoms with Gasteiger partial charge in [-0.3, -0.25) is 0 Å². The van der Waals surface area contributed by atoms with Crippen LogP contribution in [-0.4, -0.2) is 24.7 Å². The molecule has 1 aromatic rings. The Labute approximate surface area is 180 Å². The van der Waals surface area contributed by atoms with E-state index in [0.29, 0.717) is 5.75 Å². The molecule has 2 rings (SSSR count). The number of aryl methyl sites for hydroxylation is 1. The summed E-state index contributed by atoms with van der Waals surface area (Å²) in [6.07, 6.45) is 7.61. The van der Waals surface area contributed by atoms with E-state index in [9.17, 15) is 9.90 Å². The van der Waals surface area contributed by atoms with Crippen molar-refractivity contribution in [1.82, 2.24) is 0 Å². The van der Waals surface area contributed by atoms with Crippen molar-refractivity contribution in [2.45, 2.75) is 72.1 Å². The molecule has 5 nitrogen and oxygen atoms in total. The van der Waals surface area contributed by atoms with E-state index in [0.717, 1.165) is 55.2 Å². The van der Waals surface area contributed by atoms with Crippen LogP contribution in [0.25, 0.3) is 0 Å². The van der Waals surface area contributed by atoms with Crippen molar-refractivity contribution in [3.05, 3.63) is 47.1 Å². The van der Waals surface area contributed by atoms with Gasteiger partial charge in [0.2, 0.25) is 6.79 Å². The molecule has 0 aliphatic heterocycles. The van der Waals surface area contributed by atoms with Crippen LogP contribution < -0.4 is 4.74 Å². The fraction of sp³-hybridized carbons (Fsp3) is 0.560. The quantitative estimate of drug-likeness (QED) is 0.200. The maximum atomic E-state index is 11.5. The molecule has 0 saturated heterocycles. The van der Waals surface area contributed by atoms with Crippen LogP contribution in [0.3, 0.4) is 0 Å². The summed E-state index contributed by atoms with van der Waals surface area (Å²) in [5.41, 5.74) is 4.12. The summed E-state index contributed by atoms with van der Waals surface area (Å²) in [5.74, 6) is 0.961. The van der Waals surface area contributed by atoms with E-state index >= 15 is 0 Å². The Morgan fingerprint density at radius 3 is 2.67 bits per heavy atom. The van der Waals surface area contributed by atoms with Gasteiger partial charge in [0.15, 0.2) is 0 Å². The largest absolute Gasteiger partial charge is 0.511 e. The molecule has 1 aliphatic rings.